The monoisotopic (exact) mass is 341 g/mol. The molecule has 2 aliphatic heterocycles. The molecule has 0 aromatic carbocycles. The largest absolute Gasteiger partial charge is 0.363 e. The number of morpholine rings is 1. The number of pyridine rings is 1. The number of nitrogens with zero attached hydrogens (tertiary/aromatic N) is 5. The number of likely N-dealkylation sites (tertiary alicyclic amines) is 1. The molecule has 0 radical (unpaired) electrons. The summed E-state index contributed by atoms with van der Waals surface area (Å²) in [5.41, 5.74) is 1.85. The number of rotatable bonds is 3. The van der Waals surface area contributed by atoms with Gasteiger partial charge < -0.3 is 9.64 Å². The number of carbonyl (C=O) groups excluding carboxylic acids is 1. The molecule has 1 amide bonds. The number of aryl methyl sites for hydroxylation is 1. The van der Waals surface area contributed by atoms with E-state index in [0.29, 0.717) is 6.54 Å². The molecular formula is C18H23N5O2. The Bertz CT molecular complexity index is 737. The van der Waals surface area contributed by atoms with E-state index < -0.39 is 0 Å². The van der Waals surface area contributed by atoms with Gasteiger partial charge in [0, 0.05) is 44.6 Å². The van der Waals surface area contributed by atoms with E-state index in [2.05, 4.69) is 21.2 Å². The quantitative estimate of drug-likeness (QED) is 0.840. The smallest absolute Gasteiger partial charge is 0.253 e. The summed E-state index contributed by atoms with van der Waals surface area (Å²) in [4.78, 5) is 20.7. The van der Waals surface area contributed by atoms with Crippen LogP contribution in [0.4, 0.5) is 5.69 Å². The summed E-state index contributed by atoms with van der Waals surface area (Å²) in [5.74, 6) is 0.0106. The lowest BCUT2D eigenvalue weighted by molar-refractivity contribution is -0.144. The highest BCUT2D eigenvalue weighted by Crippen LogP contribution is 2.32. The fourth-order valence-electron chi connectivity index (χ4n) is 3.70. The van der Waals surface area contributed by atoms with Gasteiger partial charge in [-0.1, -0.05) is 0 Å². The number of piperidine rings is 1. The predicted octanol–water partition coefficient (Wildman–Crippen LogP) is 1.21. The minimum absolute atomic E-state index is 0.0106. The molecule has 7 heteroatoms. The van der Waals surface area contributed by atoms with Gasteiger partial charge in [-0.05, 0) is 25.0 Å². The second kappa shape index (κ2) is 6.57. The molecule has 7 nitrogen and oxygen atoms in total. The number of ether oxygens (including phenoxy) is 1. The normalized spacial score (nSPS) is 21.0. The zero-order valence-electron chi connectivity index (χ0n) is 14.5. The van der Waals surface area contributed by atoms with Crippen LogP contribution in [0.25, 0.3) is 0 Å². The molecule has 0 saturated carbocycles. The molecule has 1 spiro atoms. The third-order valence-electron chi connectivity index (χ3n) is 5.14. The Morgan fingerprint density at radius 2 is 2.12 bits per heavy atom. The molecule has 25 heavy (non-hydrogen) atoms. The fourth-order valence-corrected chi connectivity index (χ4v) is 3.70. The van der Waals surface area contributed by atoms with Crippen molar-refractivity contribution in [1.29, 1.82) is 0 Å². The van der Waals surface area contributed by atoms with Gasteiger partial charge in [-0.3, -0.25) is 19.4 Å². The maximum atomic E-state index is 12.3. The number of hydrogen-bond donors (Lipinski definition) is 0. The van der Waals surface area contributed by atoms with Crippen LogP contribution >= 0.6 is 0 Å². The average molecular weight is 341 g/mol. The molecule has 0 unspecified atom stereocenters. The molecule has 0 N–H and O–H groups in total. The van der Waals surface area contributed by atoms with E-state index in [4.69, 9.17) is 4.74 Å². The van der Waals surface area contributed by atoms with Crippen molar-refractivity contribution in [3.8, 4) is 0 Å². The van der Waals surface area contributed by atoms with Gasteiger partial charge in [0.2, 0.25) is 0 Å². The van der Waals surface area contributed by atoms with E-state index in [-0.39, 0.29) is 18.1 Å². The van der Waals surface area contributed by atoms with Gasteiger partial charge in [-0.25, -0.2) is 0 Å². The predicted molar refractivity (Wildman–Crippen MR) is 93.0 cm³/mol. The van der Waals surface area contributed by atoms with Crippen LogP contribution in [-0.4, -0.2) is 57.4 Å². The third-order valence-corrected chi connectivity index (χ3v) is 5.14. The van der Waals surface area contributed by atoms with Crippen LogP contribution in [0.15, 0.2) is 36.9 Å². The van der Waals surface area contributed by atoms with Crippen molar-refractivity contribution in [2.45, 2.75) is 25.0 Å². The lowest BCUT2D eigenvalue weighted by Gasteiger charge is -2.46. The van der Waals surface area contributed by atoms with Crippen LogP contribution in [-0.2, 0) is 23.1 Å². The summed E-state index contributed by atoms with van der Waals surface area (Å²) in [6, 6.07) is 3.79. The van der Waals surface area contributed by atoms with E-state index in [1.807, 2.05) is 35.0 Å². The Labute approximate surface area is 147 Å². The average Bonchev–Trinajstić information content (AvgIpc) is 3.05. The molecule has 4 rings (SSSR count). The van der Waals surface area contributed by atoms with Gasteiger partial charge in [0.15, 0.2) is 0 Å². The van der Waals surface area contributed by atoms with Crippen LogP contribution < -0.4 is 4.90 Å². The van der Waals surface area contributed by atoms with Crippen LogP contribution in [0.3, 0.4) is 0 Å². The van der Waals surface area contributed by atoms with E-state index in [1.54, 1.807) is 12.4 Å². The molecule has 2 aromatic rings. The van der Waals surface area contributed by atoms with E-state index in [1.165, 1.54) is 5.56 Å². The summed E-state index contributed by atoms with van der Waals surface area (Å²) in [5, 5.41) is 4.23. The van der Waals surface area contributed by atoms with E-state index in [0.717, 1.165) is 38.2 Å². The zero-order chi connectivity index (χ0) is 17.3. The van der Waals surface area contributed by atoms with E-state index in [9.17, 15) is 4.79 Å². The van der Waals surface area contributed by atoms with Crippen molar-refractivity contribution in [1.82, 2.24) is 19.7 Å². The first-order valence-corrected chi connectivity index (χ1v) is 8.68. The van der Waals surface area contributed by atoms with Crippen molar-refractivity contribution in [2.24, 2.45) is 7.05 Å². The summed E-state index contributed by atoms with van der Waals surface area (Å²) < 4.78 is 7.85. The van der Waals surface area contributed by atoms with Gasteiger partial charge in [0.25, 0.3) is 5.91 Å². The molecule has 2 fully saturated rings. The summed E-state index contributed by atoms with van der Waals surface area (Å²) in [6.07, 6.45) is 9.30. The molecule has 2 aromatic heterocycles. The Morgan fingerprint density at radius 3 is 2.80 bits per heavy atom. The highest BCUT2D eigenvalue weighted by atomic mass is 16.5. The first kappa shape index (κ1) is 16.2. The number of hydrogen-bond acceptors (Lipinski definition) is 5. The Balaban J connectivity index is 1.41. The van der Waals surface area contributed by atoms with Crippen molar-refractivity contribution in [2.75, 3.05) is 31.1 Å². The van der Waals surface area contributed by atoms with Crippen molar-refractivity contribution in [3.05, 3.63) is 42.5 Å². The number of aromatic nitrogens is 3. The topological polar surface area (TPSA) is 63.5 Å². The molecule has 0 aliphatic carbocycles. The SMILES string of the molecule is Cn1cc(CN2CCC3(CC2)CN(c2cccnc2)C(=O)CO3)cn1. The maximum absolute atomic E-state index is 12.3. The minimum Gasteiger partial charge on any atom is -0.363 e. The Morgan fingerprint density at radius 1 is 1.28 bits per heavy atom. The zero-order valence-corrected chi connectivity index (χ0v) is 14.5. The van der Waals surface area contributed by atoms with Gasteiger partial charge in [0.1, 0.15) is 6.61 Å². The highest BCUT2D eigenvalue weighted by Gasteiger charge is 2.42. The van der Waals surface area contributed by atoms with Crippen molar-refractivity contribution < 1.29 is 9.53 Å². The van der Waals surface area contributed by atoms with Gasteiger partial charge >= 0.3 is 0 Å². The third kappa shape index (κ3) is 3.43. The number of anilines is 1. The lowest BCUT2D eigenvalue weighted by Crippen LogP contribution is -2.58. The van der Waals surface area contributed by atoms with Crippen molar-refractivity contribution in [3.63, 3.8) is 0 Å². The Hall–Kier alpha value is -2.25. The van der Waals surface area contributed by atoms with Crippen LogP contribution in [0, 0.1) is 0 Å². The second-order valence-corrected chi connectivity index (χ2v) is 6.96. The molecule has 4 heterocycles. The van der Waals surface area contributed by atoms with Crippen LogP contribution in [0.1, 0.15) is 18.4 Å². The van der Waals surface area contributed by atoms with Crippen molar-refractivity contribution >= 4 is 11.6 Å². The first-order chi connectivity index (χ1) is 12.1. The molecule has 2 aliphatic rings. The molecule has 2 saturated heterocycles. The maximum Gasteiger partial charge on any atom is 0.253 e. The standard InChI is InChI=1S/C18H23N5O2/c1-21-11-15(9-20-21)12-22-7-4-18(5-8-22)14-23(17(24)13-25-18)16-3-2-6-19-10-16/h2-3,6,9-11H,4-5,7-8,12-14H2,1H3. The van der Waals surface area contributed by atoms with Crippen LogP contribution in [0.5, 0.6) is 0 Å². The first-order valence-electron chi connectivity index (χ1n) is 8.68. The lowest BCUT2D eigenvalue weighted by atomic mass is 9.89. The second-order valence-electron chi connectivity index (χ2n) is 6.96. The van der Waals surface area contributed by atoms with Gasteiger partial charge in [0.05, 0.1) is 30.2 Å². The van der Waals surface area contributed by atoms with Gasteiger partial charge in [-0.2, -0.15) is 5.10 Å². The minimum atomic E-state index is -0.241. The molecular weight excluding hydrogens is 318 g/mol. The highest BCUT2D eigenvalue weighted by molar-refractivity contribution is 5.95. The summed E-state index contributed by atoms with van der Waals surface area (Å²) in [7, 11) is 1.94. The van der Waals surface area contributed by atoms with E-state index >= 15 is 0 Å². The van der Waals surface area contributed by atoms with Gasteiger partial charge in [-0.15, -0.1) is 0 Å². The number of amides is 1. The molecule has 0 atom stereocenters. The Kier molecular flexibility index (Phi) is 4.27. The summed E-state index contributed by atoms with van der Waals surface area (Å²) in [6.45, 7) is 3.60. The molecule has 0 bridgehead atoms. The summed E-state index contributed by atoms with van der Waals surface area (Å²) >= 11 is 0. The molecule has 132 valence electrons. The fraction of sp³-hybridized carbons (Fsp3) is 0.500. The number of carbonyl (C=O) groups is 1. The van der Waals surface area contributed by atoms with Crippen LogP contribution in [0.2, 0.25) is 0 Å².